The second-order valence-corrected chi connectivity index (χ2v) is 6.48. The number of halogens is 1. The fraction of sp³-hybridized carbons (Fsp3) is 0.105. The molecule has 0 unspecified atom stereocenters. The van der Waals surface area contributed by atoms with Gasteiger partial charge >= 0.3 is 0 Å². The molecule has 1 N–H and O–H groups in total. The Morgan fingerprint density at radius 3 is 2.54 bits per heavy atom. The summed E-state index contributed by atoms with van der Waals surface area (Å²) < 4.78 is 14.4. The topological polar surface area (TPSA) is 64.0 Å². The third-order valence-electron chi connectivity index (χ3n) is 3.49. The minimum absolute atomic E-state index is 0.0695. The van der Waals surface area contributed by atoms with Crippen LogP contribution >= 0.6 is 11.8 Å². The van der Waals surface area contributed by atoms with Crippen molar-refractivity contribution in [1.82, 2.24) is 9.55 Å². The lowest BCUT2D eigenvalue weighted by molar-refractivity contribution is -0.113. The Bertz CT molecular complexity index is 972. The van der Waals surface area contributed by atoms with Crippen molar-refractivity contribution in [2.45, 2.75) is 12.1 Å². The molecule has 0 aliphatic rings. The van der Waals surface area contributed by atoms with Crippen molar-refractivity contribution in [2.75, 3.05) is 11.1 Å². The molecule has 0 bridgehead atoms. The zero-order valence-corrected chi connectivity index (χ0v) is 14.8. The van der Waals surface area contributed by atoms with E-state index in [1.807, 2.05) is 18.2 Å². The molecule has 0 aliphatic carbocycles. The Labute approximate surface area is 153 Å². The van der Waals surface area contributed by atoms with Crippen LogP contribution in [-0.4, -0.2) is 21.2 Å². The predicted octanol–water partition coefficient (Wildman–Crippen LogP) is 3.41. The first-order chi connectivity index (χ1) is 12.5. The van der Waals surface area contributed by atoms with E-state index in [9.17, 15) is 14.0 Å². The van der Waals surface area contributed by atoms with Crippen molar-refractivity contribution in [3.63, 3.8) is 0 Å². The average Bonchev–Trinajstić information content (AvgIpc) is 2.62. The molecule has 3 rings (SSSR count). The summed E-state index contributed by atoms with van der Waals surface area (Å²) in [4.78, 5) is 28.9. The summed E-state index contributed by atoms with van der Waals surface area (Å²) in [7, 11) is 0. The maximum Gasteiger partial charge on any atom is 0.258 e. The van der Waals surface area contributed by atoms with E-state index >= 15 is 0 Å². The van der Waals surface area contributed by atoms with E-state index in [-0.39, 0.29) is 23.0 Å². The van der Waals surface area contributed by atoms with Crippen LogP contribution in [0.25, 0.3) is 5.69 Å². The largest absolute Gasteiger partial charge is 0.325 e. The molecule has 0 spiro atoms. The number of aryl methyl sites for hydroxylation is 1. The van der Waals surface area contributed by atoms with E-state index in [2.05, 4.69) is 10.3 Å². The summed E-state index contributed by atoms with van der Waals surface area (Å²) in [5.41, 5.74) is 1.58. The molecule has 1 aromatic heterocycles. The summed E-state index contributed by atoms with van der Waals surface area (Å²) in [6, 6.07) is 16.1. The van der Waals surface area contributed by atoms with Gasteiger partial charge in [-0.15, -0.1) is 0 Å². The highest BCUT2D eigenvalue weighted by atomic mass is 32.2. The standard InChI is InChI=1S/C19H16FN3O2S/c1-13-11-18(25)23(16-5-3-2-4-6-16)19(21-13)26-12-17(24)22-15-9-7-14(20)8-10-15/h2-11H,12H2,1H3,(H,22,24). The lowest BCUT2D eigenvalue weighted by Crippen LogP contribution is -2.22. The van der Waals surface area contributed by atoms with Crippen molar-refractivity contribution in [1.29, 1.82) is 0 Å². The summed E-state index contributed by atoms with van der Waals surface area (Å²) in [5, 5.41) is 3.13. The minimum Gasteiger partial charge on any atom is -0.325 e. The van der Waals surface area contributed by atoms with Crippen LogP contribution < -0.4 is 10.9 Å². The lowest BCUT2D eigenvalue weighted by atomic mass is 10.3. The van der Waals surface area contributed by atoms with Gasteiger partial charge in [0, 0.05) is 17.4 Å². The van der Waals surface area contributed by atoms with E-state index in [4.69, 9.17) is 0 Å². The maximum absolute atomic E-state index is 12.9. The van der Waals surface area contributed by atoms with Gasteiger partial charge in [-0.05, 0) is 43.3 Å². The van der Waals surface area contributed by atoms with E-state index in [1.54, 1.807) is 19.1 Å². The first kappa shape index (κ1) is 17.9. The molecule has 2 aromatic carbocycles. The smallest absolute Gasteiger partial charge is 0.258 e. The van der Waals surface area contributed by atoms with Crippen molar-refractivity contribution in [3.05, 3.63) is 82.5 Å². The molecule has 7 heteroatoms. The molecule has 0 aliphatic heterocycles. The van der Waals surface area contributed by atoms with E-state index in [0.717, 1.165) is 0 Å². The number of nitrogens with zero attached hydrogens (tertiary/aromatic N) is 2. The molecule has 0 saturated carbocycles. The second kappa shape index (κ2) is 7.97. The van der Waals surface area contributed by atoms with Gasteiger partial charge in [-0.1, -0.05) is 30.0 Å². The number of thioether (sulfide) groups is 1. The average molecular weight is 369 g/mol. The quantitative estimate of drug-likeness (QED) is 0.553. The SMILES string of the molecule is Cc1cc(=O)n(-c2ccccc2)c(SCC(=O)Nc2ccc(F)cc2)n1. The fourth-order valence-electron chi connectivity index (χ4n) is 2.34. The number of hydrogen-bond acceptors (Lipinski definition) is 4. The molecule has 1 heterocycles. The molecule has 0 fully saturated rings. The number of amides is 1. The maximum atomic E-state index is 12.9. The number of para-hydroxylation sites is 1. The molecule has 0 atom stereocenters. The van der Waals surface area contributed by atoms with Crippen LogP contribution in [0.1, 0.15) is 5.69 Å². The normalized spacial score (nSPS) is 10.5. The Morgan fingerprint density at radius 1 is 1.15 bits per heavy atom. The number of benzene rings is 2. The monoisotopic (exact) mass is 369 g/mol. The van der Waals surface area contributed by atoms with Crippen LogP contribution in [0.5, 0.6) is 0 Å². The molecule has 1 amide bonds. The fourth-order valence-corrected chi connectivity index (χ4v) is 3.21. The van der Waals surface area contributed by atoms with Gasteiger partial charge in [-0.3, -0.25) is 14.2 Å². The molecular formula is C19H16FN3O2S. The molecule has 26 heavy (non-hydrogen) atoms. The number of nitrogens with one attached hydrogen (secondary N) is 1. The third-order valence-corrected chi connectivity index (χ3v) is 4.43. The second-order valence-electron chi connectivity index (χ2n) is 5.53. The Morgan fingerprint density at radius 2 is 1.85 bits per heavy atom. The number of anilines is 1. The highest BCUT2D eigenvalue weighted by molar-refractivity contribution is 7.99. The van der Waals surface area contributed by atoms with Gasteiger partial charge in [0.25, 0.3) is 5.56 Å². The first-order valence-electron chi connectivity index (χ1n) is 7.87. The number of aromatic nitrogens is 2. The lowest BCUT2D eigenvalue weighted by Gasteiger charge is -2.12. The minimum atomic E-state index is -0.367. The van der Waals surface area contributed by atoms with Gasteiger partial charge in [0.2, 0.25) is 5.91 Å². The molecule has 132 valence electrons. The zero-order chi connectivity index (χ0) is 18.5. The molecule has 0 radical (unpaired) electrons. The van der Waals surface area contributed by atoms with Gasteiger partial charge in [0.15, 0.2) is 5.16 Å². The molecule has 5 nitrogen and oxygen atoms in total. The van der Waals surface area contributed by atoms with Crippen LogP contribution in [0.4, 0.5) is 10.1 Å². The zero-order valence-electron chi connectivity index (χ0n) is 14.0. The van der Waals surface area contributed by atoms with Crippen LogP contribution in [0.15, 0.2) is 70.6 Å². The summed E-state index contributed by atoms with van der Waals surface area (Å²) in [6.45, 7) is 1.74. The van der Waals surface area contributed by atoms with Crippen molar-refractivity contribution in [3.8, 4) is 5.69 Å². The van der Waals surface area contributed by atoms with E-state index in [0.29, 0.717) is 22.2 Å². The van der Waals surface area contributed by atoms with Crippen LogP contribution in [0, 0.1) is 12.7 Å². The molecule has 3 aromatic rings. The van der Waals surface area contributed by atoms with Crippen LogP contribution in [0.2, 0.25) is 0 Å². The Balaban J connectivity index is 1.78. The third kappa shape index (κ3) is 4.37. The van der Waals surface area contributed by atoms with Gasteiger partial charge in [0.1, 0.15) is 5.82 Å². The van der Waals surface area contributed by atoms with Gasteiger partial charge in [-0.2, -0.15) is 0 Å². The van der Waals surface area contributed by atoms with Crippen molar-refractivity contribution >= 4 is 23.4 Å². The Hall–Kier alpha value is -2.93. The number of hydrogen-bond donors (Lipinski definition) is 1. The van der Waals surface area contributed by atoms with Crippen LogP contribution in [-0.2, 0) is 4.79 Å². The number of rotatable bonds is 5. The summed E-state index contributed by atoms with van der Waals surface area (Å²) in [5.74, 6) is -0.565. The molecule has 0 saturated heterocycles. The summed E-state index contributed by atoms with van der Waals surface area (Å²) >= 11 is 1.17. The van der Waals surface area contributed by atoms with Gasteiger partial charge in [-0.25, -0.2) is 9.37 Å². The van der Waals surface area contributed by atoms with Crippen LogP contribution in [0.3, 0.4) is 0 Å². The van der Waals surface area contributed by atoms with Gasteiger partial charge in [0.05, 0.1) is 11.4 Å². The number of carbonyl (C=O) groups excluding carboxylic acids is 1. The summed E-state index contributed by atoms with van der Waals surface area (Å²) in [6.07, 6.45) is 0. The predicted molar refractivity (Wildman–Crippen MR) is 100 cm³/mol. The van der Waals surface area contributed by atoms with Crippen molar-refractivity contribution in [2.24, 2.45) is 0 Å². The van der Waals surface area contributed by atoms with E-state index in [1.165, 1.54) is 46.7 Å². The van der Waals surface area contributed by atoms with Crippen molar-refractivity contribution < 1.29 is 9.18 Å². The van der Waals surface area contributed by atoms with E-state index < -0.39 is 0 Å². The van der Waals surface area contributed by atoms with Gasteiger partial charge < -0.3 is 5.32 Å². The number of carbonyl (C=O) groups is 1. The highest BCUT2D eigenvalue weighted by Gasteiger charge is 2.12. The first-order valence-corrected chi connectivity index (χ1v) is 8.86. The highest BCUT2D eigenvalue weighted by Crippen LogP contribution is 2.19. The molecular weight excluding hydrogens is 353 g/mol. The Kier molecular flexibility index (Phi) is 5.48.